The molecule has 4 heteroatoms. The van der Waals surface area contributed by atoms with E-state index in [0.29, 0.717) is 11.9 Å². The van der Waals surface area contributed by atoms with Crippen molar-refractivity contribution in [1.29, 1.82) is 0 Å². The number of hydrogen-bond acceptors (Lipinski definition) is 1. The second-order valence-electron chi connectivity index (χ2n) is 4.43. The highest BCUT2D eigenvalue weighted by Crippen LogP contribution is 2.10. The monoisotopic (exact) mass is 253 g/mol. The maximum absolute atomic E-state index is 5.90. The summed E-state index contributed by atoms with van der Waals surface area (Å²) in [6.45, 7) is 5.76. The molecule has 0 aliphatic rings. The van der Waals surface area contributed by atoms with Gasteiger partial charge < -0.3 is 11.1 Å². The molecule has 0 aliphatic carbocycles. The van der Waals surface area contributed by atoms with E-state index in [1.807, 2.05) is 18.2 Å². The van der Waals surface area contributed by atoms with Gasteiger partial charge in [0.15, 0.2) is 5.96 Å². The Labute approximate surface area is 108 Å². The molecule has 0 radical (unpaired) electrons. The number of rotatable bonds is 5. The lowest BCUT2D eigenvalue weighted by atomic mass is 10.1. The lowest BCUT2D eigenvalue weighted by molar-refractivity contribution is 0.661. The molecular weight excluding hydrogens is 234 g/mol. The van der Waals surface area contributed by atoms with E-state index in [9.17, 15) is 0 Å². The molecule has 0 aromatic heterocycles. The smallest absolute Gasteiger partial charge is 0.188 e. The fourth-order valence-corrected chi connectivity index (χ4v) is 1.58. The zero-order valence-electron chi connectivity index (χ0n) is 10.4. The van der Waals surface area contributed by atoms with E-state index in [-0.39, 0.29) is 0 Å². The molecular formula is C13H20ClN3. The summed E-state index contributed by atoms with van der Waals surface area (Å²) in [5.41, 5.74) is 6.92. The highest BCUT2D eigenvalue weighted by Gasteiger charge is 1.96. The molecule has 0 saturated heterocycles. The minimum atomic E-state index is 0.515. The minimum Gasteiger partial charge on any atom is -0.370 e. The van der Waals surface area contributed by atoms with Gasteiger partial charge in [0.1, 0.15) is 0 Å². The summed E-state index contributed by atoms with van der Waals surface area (Å²) >= 11 is 5.90. The Bertz CT molecular complexity index is 375. The minimum absolute atomic E-state index is 0.515. The third kappa shape index (κ3) is 6.17. The average molecular weight is 254 g/mol. The Balaban J connectivity index is 2.30. The van der Waals surface area contributed by atoms with Crippen molar-refractivity contribution in [3.8, 4) is 0 Å². The van der Waals surface area contributed by atoms with Crippen LogP contribution in [0.4, 0.5) is 0 Å². The summed E-state index contributed by atoms with van der Waals surface area (Å²) in [4.78, 5) is 4.23. The quantitative estimate of drug-likeness (QED) is 0.626. The van der Waals surface area contributed by atoms with Crippen molar-refractivity contribution in [2.75, 3.05) is 13.1 Å². The summed E-state index contributed by atoms with van der Waals surface area (Å²) in [5.74, 6) is 1.05. The van der Waals surface area contributed by atoms with Crippen LogP contribution in [-0.4, -0.2) is 19.0 Å². The molecule has 0 fully saturated rings. The van der Waals surface area contributed by atoms with Crippen molar-refractivity contribution >= 4 is 17.6 Å². The summed E-state index contributed by atoms with van der Waals surface area (Å²) < 4.78 is 0. The summed E-state index contributed by atoms with van der Waals surface area (Å²) in [7, 11) is 0. The number of nitrogens with zero attached hydrogens (tertiary/aromatic N) is 1. The molecule has 1 rings (SSSR count). The Morgan fingerprint density at radius 1 is 1.47 bits per heavy atom. The average Bonchev–Trinajstić information content (AvgIpc) is 2.26. The number of nitrogens with one attached hydrogen (secondary N) is 1. The van der Waals surface area contributed by atoms with Gasteiger partial charge in [-0.3, -0.25) is 4.99 Å². The van der Waals surface area contributed by atoms with Gasteiger partial charge in [0, 0.05) is 18.1 Å². The number of benzene rings is 1. The third-order valence-electron chi connectivity index (χ3n) is 2.24. The molecule has 94 valence electrons. The van der Waals surface area contributed by atoms with E-state index >= 15 is 0 Å². The van der Waals surface area contributed by atoms with Crippen LogP contribution in [0.15, 0.2) is 29.3 Å². The van der Waals surface area contributed by atoms with Gasteiger partial charge in [-0.15, -0.1) is 0 Å². The van der Waals surface area contributed by atoms with Gasteiger partial charge in [0.2, 0.25) is 0 Å². The molecule has 0 unspecified atom stereocenters. The molecule has 0 aliphatic heterocycles. The molecule has 0 amide bonds. The van der Waals surface area contributed by atoms with E-state index in [2.05, 4.69) is 30.2 Å². The maximum atomic E-state index is 5.90. The topological polar surface area (TPSA) is 50.4 Å². The normalized spacial score (nSPS) is 11.9. The molecule has 0 heterocycles. The number of aliphatic imine (C=N–C) groups is 1. The molecule has 0 bridgehead atoms. The van der Waals surface area contributed by atoms with Gasteiger partial charge in [-0.1, -0.05) is 37.6 Å². The van der Waals surface area contributed by atoms with Crippen LogP contribution in [0.1, 0.15) is 19.4 Å². The van der Waals surface area contributed by atoms with Crippen molar-refractivity contribution in [3.63, 3.8) is 0 Å². The predicted molar refractivity (Wildman–Crippen MR) is 74.5 cm³/mol. The van der Waals surface area contributed by atoms with Gasteiger partial charge in [-0.2, -0.15) is 0 Å². The summed E-state index contributed by atoms with van der Waals surface area (Å²) in [5, 5.41) is 3.86. The van der Waals surface area contributed by atoms with Crippen LogP contribution in [0.3, 0.4) is 0 Å². The van der Waals surface area contributed by atoms with Crippen LogP contribution >= 0.6 is 11.6 Å². The van der Waals surface area contributed by atoms with Gasteiger partial charge >= 0.3 is 0 Å². The molecule has 0 atom stereocenters. The van der Waals surface area contributed by atoms with Crippen LogP contribution in [0.5, 0.6) is 0 Å². The lowest BCUT2D eigenvalue weighted by Gasteiger charge is -2.07. The Kier molecular flexibility index (Phi) is 5.84. The van der Waals surface area contributed by atoms with E-state index in [0.717, 1.165) is 24.5 Å². The van der Waals surface area contributed by atoms with Crippen LogP contribution in [0.25, 0.3) is 0 Å². The van der Waals surface area contributed by atoms with Crippen LogP contribution in [-0.2, 0) is 6.42 Å². The van der Waals surface area contributed by atoms with Crippen LogP contribution in [0.2, 0.25) is 5.02 Å². The first-order valence-electron chi connectivity index (χ1n) is 5.86. The van der Waals surface area contributed by atoms with E-state index in [1.54, 1.807) is 0 Å². The van der Waals surface area contributed by atoms with Crippen molar-refractivity contribution in [3.05, 3.63) is 34.9 Å². The largest absolute Gasteiger partial charge is 0.370 e. The number of hydrogen-bond donors (Lipinski definition) is 2. The second kappa shape index (κ2) is 7.17. The molecule has 1 aromatic carbocycles. The summed E-state index contributed by atoms with van der Waals surface area (Å²) in [6, 6.07) is 7.84. The Hall–Kier alpha value is -1.22. The van der Waals surface area contributed by atoms with Crippen LogP contribution in [0, 0.1) is 5.92 Å². The molecule has 17 heavy (non-hydrogen) atoms. The fraction of sp³-hybridized carbons (Fsp3) is 0.462. The molecule has 0 saturated carbocycles. The first-order valence-corrected chi connectivity index (χ1v) is 6.24. The standard InChI is InChI=1S/C13H20ClN3/c1-10(2)9-17-13(15)16-7-6-11-4-3-5-12(14)8-11/h3-5,8,10H,6-7,9H2,1-2H3,(H3,15,16,17). The predicted octanol–water partition coefficient (Wildman–Crippen LogP) is 2.44. The Morgan fingerprint density at radius 3 is 2.88 bits per heavy atom. The fourth-order valence-electron chi connectivity index (χ4n) is 1.36. The van der Waals surface area contributed by atoms with E-state index < -0.39 is 0 Å². The first kappa shape index (κ1) is 13.8. The van der Waals surface area contributed by atoms with E-state index in [1.165, 1.54) is 5.56 Å². The zero-order chi connectivity index (χ0) is 12.7. The van der Waals surface area contributed by atoms with Crippen molar-refractivity contribution < 1.29 is 0 Å². The number of nitrogens with two attached hydrogens (primary N) is 1. The van der Waals surface area contributed by atoms with Gasteiger partial charge in [-0.25, -0.2) is 0 Å². The third-order valence-corrected chi connectivity index (χ3v) is 2.47. The first-order chi connectivity index (χ1) is 8.08. The molecule has 3 N–H and O–H groups in total. The zero-order valence-corrected chi connectivity index (χ0v) is 11.2. The molecule has 3 nitrogen and oxygen atoms in total. The SMILES string of the molecule is CC(C)CN=C(N)NCCc1cccc(Cl)c1. The lowest BCUT2D eigenvalue weighted by Crippen LogP contribution is -2.33. The van der Waals surface area contributed by atoms with Gasteiger partial charge in [0.25, 0.3) is 0 Å². The Morgan fingerprint density at radius 2 is 2.24 bits per heavy atom. The van der Waals surface area contributed by atoms with Crippen molar-refractivity contribution in [2.45, 2.75) is 20.3 Å². The van der Waals surface area contributed by atoms with Crippen molar-refractivity contribution in [1.82, 2.24) is 5.32 Å². The number of halogens is 1. The van der Waals surface area contributed by atoms with Crippen LogP contribution < -0.4 is 11.1 Å². The number of guanidine groups is 1. The highest BCUT2D eigenvalue weighted by atomic mass is 35.5. The molecule has 1 aromatic rings. The van der Waals surface area contributed by atoms with E-state index in [4.69, 9.17) is 17.3 Å². The van der Waals surface area contributed by atoms with Crippen molar-refractivity contribution in [2.24, 2.45) is 16.6 Å². The van der Waals surface area contributed by atoms with Gasteiger partial charge in [-0.05, 0) is 30.0 Å². The second-order valence-corrected chi connectivity index (χ2v) is 4.86. The summed E-state index contributed by atoms with van der Waals surface area (Å²) in [6.07, 6.45) is 0.887. The maximum Gasteiger partial charge on any atom is 0.188 e. The van der Waals surface area contributed by atoms with Gasteiger partial charge in [0.05, 0.1) is 0 Å². The molecule has 0 spiro atoms. The highest BCUT2D eigenvalue weighted by molar-refractivity contribution is 6.30.